The largest absolute Gasteiger partial charge is 0.298 e. The topological polar surface area (TPSA) is 34.1 Å². The van der Waals surface area contributed by atoms with Gasteiger partial charge in [0.15, 0.2) is 6.29 Å². The minimum absolute atomic E-state index is 0. The first-order chi connectivity index (χ1) is 14.0. The lowest BCUT2D eigenvalue weighted by molar-refractivity contribution is -0.123. The van der Waals surface area contributed by atoms with Gasteiger partial charge in [-0.2, -0.15) is 0 Å². The molecule has 0 amide bonds. The molecular weight excluding hydrogens is 356 g/mol. The van der Waals surface area contributed by atoms with Gasteiger partial charge in [0.05, 0.1) is 6.42 Å². The van der Waals surface area contributed by atoms with Crippen molar-refractivity contribution in [2.45, 2.75) is 52.4 Å². The fraction of sp³-hybridized carbons (Fsp3) is 0.407. The van der Waals surface area contributed by atoms with Gasteiger partial charge in [0.1, 0.15) is 5.78 Å². The Bertz CT molecular complexity index is 1020. The highest BCUT2D eigenvalue weighted by molar-refractivity contribution is 6.01. The lowest BCUT2D eigenvalue weighted by Crippen LogP contribution is -2.20. The predicted molar refractivity (Wildman–Crippen MR) is 122 cm³/mol. The summed E-state index contributed by atoms with van der Waals surface area (Å²) in [6.45, 7) is 4.38. The average Bonchev–Trinajstić information content (AvgIpc) is 2.96. The molecule has 0 saturated heterocycles. The van der Waals surface area contributed by atoms with Crippen LogP contribution in [0.1, 0.15) is 76.7 Å². The fourth-order valence-corrected chi connectivity index (χ4v) is 4.35. The van der Waals surface area contributed by atoms with Gasteiger partial charge >= 0.3 is 0 Å². The Balaban J connectivity index is 0.00000240. The number of hydrogen-bond acceptors (Lipinski definition) is 2. The van der Waals surface area contributed by atoms with Crippen LogP contribution in [0.15, 0.2) is 30.3 Å². The quantitative estimate of drug-likeness (QED) is 0.358. The van der Waals surface area contributed by atoms with E-state index >= 15 is 0 Å². The molecule has 0 aromatic heterocycles. The van der Waals surface area contributed by atoms with E-state index in [4.69, 9.17) is 6.42 Å². The zero-order chi connectivity index (χ0) is 20.8. The Labute approximate surface area is 177 Å². The molecule has 3 unspecified atom stereocenters. The van der Waals surface area contributed by atoms with Crippen LogP contribution in [-0.4, -0.2) is 12.1 Å². The van der Waals surface area contributed by atoms with Crippen LogP contribution in [0, 0.1) is 41.9 Å². The van der Waals surface area contributed by atoms with Gasteiger partial charge in [0, 0.05) is 25.5 Å². The molecule has 151 valence electrons. The van der Waals surface area contributed by atoms with Crippen LogP contribution >= 0.6 is 0 Å². The van der Waals surface area contributed by atoms with Crippen molar-refractivity contribution in [1.82, 2.24) is 0 Å². The van der Waals surface area contributed by atoms with Crippen molar-refractivity contribution < 1.29 is 12.4 Å². The van der Waals surface area contributed by atoms with E-state index in [0.29, 0.717) is 17.0 Å². The first-order valence-corrected chi connectivity index (χ1v) is 10.5. The van der Waals surface area contributed by atoms with E-state index in [2.05, 4.69) is 31.6 Å². The third kappa shape index (κ3) is 4.96. The maximum Gasteiger partial charge on any atom is 0.151 e. The van der Waals surface area contributed by atoms with Gasteiger partial charge in [0.25, 0.3) is 0 Å². The third-order valence-electron chi connectivity index (χ3n) is 6.35. The third-order valence-corrected chi connectivity index (χ3v) is 6.35. The minimum Gasteiger partial charge on any atom is -0.298 e. The summed E-state index contributed by atoms with van der Waals surface area (Å²) in [5.41, 5.74) is 1.89. The summed E-state index contributed by atoms with van der Waals surface area (Å²) in [4.78, 5) is 24.2. The Hall–Kier alpha value is -2.84. The van der Waals surface area contributed by atoms with E-state index in [9.17, 15) is 9.59 Å². The van der Waals surface area contributed by atoms with E-state index in [0.717, 1.165) is 41.4 Å². The molecule has 0 aliphatic heterocycles. The number of rotatable bonds is 4. The standard InChI is InChI=1S/C27H28O2.H2.H/c1-4-22-15-16-24-14-12-21(17-25(24)26(22)18-28)8-6-10-27(29)20(3)23-9-5-7-19(2)11-13-23;;/h1,12,14-20,23H,5,7,9-11,13H2,2-3H3;1H;. The zero-order valence-corrected chi connectivity index (χ0v) is 17.3. The first kappa shape index (κ1) is 20.9. The van der Waals surface area contributed by atoms with Crippen LogP contribution in [-0.2, 0) is 4.79 Å². The lowest BCUT2D eigenvalue weighted by atomic mass is 9.83. The van der Waals surface area contributed by atoms with Crippen molar-refractivity contribution in [1.29, 1.82) is 0 Å². The molecule has 2 heteroatoms. The molecule has 1 aliphatic carbocycles. The molecule has 1 radical (unpaired) electrons. The van der Waals surface area contributed by atoms with E-state index in [1.807, 2.05) is 24.3 Å². The number of hydrogen-bond donors (Lipinski definition) is 0. The highest BCUT2D eigenvalue weighted by Crippen LogP contribution is 2.32. The molecule has 0 heterocycles. The Morgan fingerprint density at radius 1 is 1.28 bits per heavy atom. The highest BCUT2D eigenvalue weighted by Gasteiger charge is 2.25. The second kappa shape index (κ2) is 9.58. The molecule has 0 bridgehead atoms. The molecule has 1 aliphatic rings. The Morgan fingerprint density at radius 2 is 2.07 bits per heavy atom. The molecule has 1 saturated carbocycles. The van der Waals surface area contributed by atoms with Crippen LogP contribution in [0.4, 0.5) is 0 Å². The number of fused-ring (bicyclic) bond motifs is 1. The number of terminal acetylenes is 1. The first-order valence-electron chi connectivity index (χ1n) is 10.5. The highest BCUT2D eigenvalue weighted by atomic mass is 16.1. The molecule has 1 fully saturated rings. The van der Waals surface area contributed by atoms with Gasteiger partial charge < -0.3 is 0 Å². The van der Waals surface area contributed by atoms with Gasteiger partial charge in [-0.3, -0.25) is 9.59 Å². The molecule has 3 atom stereocenters. The molecule has 2 aromatic rings. The maximum absolute atomic E-state index is 12.7. The van der Waals surface area contributed by atoms with Gasteiger partial charge in [-0.25, -0.2) is 0 Å². The van der Waals surface area contributed by atoms with E-state index < -0.39 is 0 Å². The number of carbonyl (C=O) groups is 2. The number of carbonyl (C=O) groups excluding carboxylic acids is 2. The SMILES string of the molecule is C#Cc1ccc2ccc(C#CCC(=O)C(C)C3CCCC(C)CC3)cc2c1C=O.[HH].[H]. The summed E-state index contributed by atoms with van der Waals surface area (Å²) in [6, 6.07) is 9.43. The number of benzene rings is 2. The normalized spacial score (nSPS) is 20.0. The van der Waals surface area contributed by atoms with E-state index in [-0.39, 0.29) is 21.0 Å². The Morgan fingerprint density at radius 3 is 2.83 bits per heavy atom. The van der Waals surface area contributed by atoms with Crippen molar-refractivity contribution in [2.75, 3.05) is 0 Å². The van der Waals surface area contributed by atoms with Crippen molar-refractivity contribution in [3.05, 3.63) is 47.0 Å². The van der Waals surface area contributed by atoms with Crippen LogP contribution in [0.3, 0.4) is 0 Å². The maximum atomic E-state index is 12.7. The van der Waals surface area contributed by atoms with Gasteiger partial charge in [-0.05, 0) is 53.6 Å². The van der Waals surface area contributed by atoms with Crippen molar-refractivity contribution in [3.8, 4) is 24.2 Å². The number of aldehydes is 1. The Kier molecular flexibility index (Phi) is 6.90. The number of Topliss-reactive ketones (excluding diaryl/α,β-unsaturated/α-hetero) is 1. The summed E-state index contributed by atoms with van der Waals surface area (Å²) in [6.07, 6.45) is 12.6. The molecule has 3 rings (SSSR count). The second-order valence-corrected chi connectivity index (χ2v) is 8.33. The van der Waals surface area contributed by atoms with Crippen molar-refractivity contribution >= 4 is 22.8 Å². The lowest BCUT2D eigenvalue weighted by Gasteiger charge is -2.20. The summed E-state index contributed by atoms with van der Waals surface area (Å²) in [5, 5.41) is 1.75. The number of ketones is 1. The summed E-state index contributed by atoms with van der Waals surface area (Å²) in [5.74, 6) is 10.3. The van der Waals surface area contributed by atoms with Crippen molar-refractivity contribution in [2.24, 2.45) is 17.8 Å². The van der Waals surface area contributed by atoms with Crippen molar-refractivity contribution in [3.63, 3.8) is 0 Å². The van der Waals surface area contributed by atoms with Crippen LogP contribution < -0.4 is 0 Å². The molecular formula is C27H31O2. The smallest absolute Gasteiger partial charge is 0.151 e. The van der Waals surface area contributed by atoms with E-state index in [1.54, 1.807) is 6.07 Å². The summed E-state index contributed by atoms with van der Waals surface area (Å²) in [7, 11) is 0. The second-order valence-electron chi connectivity index (χ2n) is 8.33. The van der Waals surface area contributed by atoms with Gasteiger partial charge in [-0.1, -0.05) is 63.0 Å². The molecule has 29 heavy (non-hydrogen) atoms. The fourth-order valence-electron chi connectivity index (χ4n) is 4.35. The van der Waals surface area contributed by atoms with Crippen LogP contribution in [0.25, 0.3) is 10.8 Å². The molecule has 0 spiro atoms. The van der Waals surface area contributed by atoms with Gasteiger partial charge in [0.2, 0.25) is 0 Å². The van der Waals surface area contributed by atoms with Crippen LogP contribution in [0.2, 0.25) is 0 Å². The summed E-state index contributed by atoms with van der Waals surface area (Å²) >= 11 is 0. The minimum atomic E-state index is 0. The van der Waals surface area contributed by atoms with Gasteiger partial charge in [-0.15, -0.1) is 6.42 Å². The predicted octanol–water partition coefficient (Wildman–Crippen LogP) is 6.16. The molecule has 2 nitrogen and oxygen atoms in total. The van der Waals surface area contributed by atoms with Crippen LogP contribution in [0.5, 0.6) is 0 Å². The average molecular weight is 388 g/mol. The summed E-state index contributed by atoms with van der Waals surface area (Å²) < 4.78 is 0. The molecule has 0 N–H and O–H groups in total. The zero-order valence-electron chi connectivity index (χ0n) is 18.3. The molecule has 2 aromatic carbocycles. The van der Waals surface area contributed by atoms with E-state index in [1.165, 1.54) is 19.3 Å². The monoisotopic (exact) mass is 387 g/mol.